The molecule has 16 heteroatoms. The number of pyridine rings is 1. The Labute approximate surface area is 259 Å². The van der Waals surface area contributed by atoms with Crippen LogP contribution in [0.3, 0.4) is 0 Å². The van der Waals surface area contributed by atoms with Gasteiger partial charge in [0.15, 0.2) is 12.4 Å². The molecule has 0 radical (unpaired) electrons. The number of aliphatic carboxylic acids is 1. The molecule has 0 bridgehead atoms. The van der Waals surface area contributed by atoms with E-state index in [1.807, 2.05) is 0 Å². The summed E-state index contributed by atoms with van der Waals surface area (Å²) in [5.41, 5.74) is -1.88. The number of hydrogen-bond acceptors (Lipinski definition) is 11. The number of rotatable bonds is 11. The Hall–Kier alpha value is -3.67. The lowest BCUT2D eigenvalue weighted by Crippen LogP contribution is -2.60. The van der Waals surface area contributed by atoms with Crippen molar-refractivity contribution in [2.75, 3.05) is 20.3 Å². The molecule has 45 heavy (non-hydrogen) atoms. The van der Waals surface area contributed by atoms with Gasteiger partial charge in [-0.25, -0.2) is 14.0 Å². The van der Waals surface area contributed by atoms with E-state index < -0.39 is 84.1 Å². The van der Waals surface area contributed by atoms with Crippen molar-refractivity contribution < 1.29 is 63.9 Å². The molecule has 1 saturated heterocycles. The van der Waals surface area contributed by atoms with Gasteiger partial charge in [0.25, 0.3) is 0 Å². The number of benzene rings is 2. The number of aliphatic hydroxyl groups excluding tert-OH is 5. The lowest BCUT2D eigenvalue weighted by atomic mass is 9.96. The minimum absolute atomic E-state index is 0.0165. The summed E-state index contributed by atoms with van der Waals surface area (Å²) in [4.78, 5) is 36.8. The van der Waals surface area contributed by atoms with E-state index in [1.54, 1.807) is 6.92 Å². The van der Waals surface area contributed by atoms with E-state index in [9.17, 15) is 54.5 Å². The topological polar surface area (TPSA) is 225 Å². The average molecular weight is 656 g/mol. The van der Waals surface area contributed by atoms with Crippen LogP contribution >= 0.6 is 11.6 Å². The Balaban J connectivity index is 1.76. The first-order chi connectivity index (χ1) is 21.2. The molecule has 4 rings (SSSR count). The largest absolute Gasteiger partial charge is 0.496 e. The molecule has 2 aromatic carbocycles. The molecule has 0 spiro atoms. The minimum Gasteiger partial charge on any atom is -0.496 e. The Morgan fingerprint density at radius 1 is 1.11 bits per heavy atom. The fourth-order valence-electron chi connectivity index (χ4n) is 5.20. The van der Waals surface area contributed by atoms with E-state index in [4.69, 9.17) is 25.8 Å². The predicted octanol–water partition coefficient (Wildman–Crippen LogP) is 0.661. The van der Waals surface area contributed by atoms with Crippen molar-refractivity contribution in [3.8, 4) is 5.75 Å². The summed E-state index contributed by atoms with van der Waals surface area (Å²) in [5.74, 6) is -4.90. The zero-order chi connectivity index (χ0) is 33.3. The van der Waals surface area contributed by atoms with Crippen LogP contribution in [0, 0.1) is 11.7 Å². The summed E-state index contributed by atoms with van der Waals surface area (Å²) in [5, 5.41) is 70.3. The number of carboxylic acids is 2. The average Bonchev–Trinajstić information content (AvgIpc) is 3.00. The molecule has 3 aromatic rings. The molecule has 0 amide bonds. The first-order valence-electron chi connectivity index (χ1n) is 13.5. The van der Waals surface area contributed by atoms with E-state index in [0.717, 1.165) is 12.3 Å². The molecular weight excluding hydrogens is 625 g/mol. The highest BCUT2D eigenvalue weighted by Gasteiger charge is 2.47. The maximum absolute atomic E-state index is 14.8. The molecule has 7 unspecified atom stereocenters. The number of ether oxygens (including phenoxy) is 3. The van der Waals surface area contributed by atoms with Crippen molar-refractivity contribution in [1.29, 1.82) is 0 Å². The Kier molecular flexibility index (Phi) is 10.5. The third kappa shape index (κ3) is 6.52. The van der Waals surface area contributed by atoms with Crippen LogP contribution in [0.1, 0.15) is 40.6 Å². The number of carboxylic acid groups (broad SMARTS) is 2. The number of methoxy groups -OCH3 is 1. The van der Waals surface area contributed by atoms with Crippen LogP contribution in [0.5, 0.6) is 5.75 Å². The number of carbonyl (C=O) groups is 2. The number of aromatic carboxylic acids is 1. The molecule has 1 aliphatic heterocycles. The summed E-state index contributed by atoms with van der Waals surface area (Å²) in [7, 11) is 1.25. The maximum Gasteiger partial charge on any atom is 0.341 e. The second-order valence-corrected chi connectivity index (χ2v) is 10.9. The van der Waals surface area contributed by atoms with Crippen molar-refractivity contribution >= 4 is 34.4 Å². The standard InChI is InChI=1S/C29H31ClFNO13/c1-11(10-44-29-25(38)23(36)24(37)26(45-29)28(41)42)18(9-33)32-8-15(27(39)40)22(35)13-6-14(19(43-2)7-17(13)32)21(34)12-4-3-5-16(30)20(12)31/h3-8,11,18,21,23-26,29,33-34,36-38H,9-10H2,1-2H3,(H,39,40)(H,41,42)/t11?,18-,21?,23?,24?,25?,26?,29?/m1/s1. The number of aromatic nitrogens is 1. The summed E-state index contributed by atoms with van der Waals surface area (Å²) in [6.45, 7) is 0.549. The quantitative estimate of drug-likeness (QED) is 0.151. The SMILES string of the molecule is COc1cc2c(cc1C(O)c1cccc(Cl)c1F)c(=O)c(C(=O)O)cn2[C@H](CO)C(C)COC1OC(C(=O)O)C(O)C(O)C1O. The van der Waals surface area contributed by atoms with Crippen molar-refractivity contribution in [3.63, 3.8) is 0 Å². The number of hydrogen-bond donors (Lipinski definition) is 7. The van der Waals surface area contributed by atoms with Crippen LogP contribution in [0.25, 0.3) is 10.9 Å². The monoisotopic (exact) mass is 655 g/mol. The molecule has 7 N–H and O–H groups in total. The van der Waals surface area contributed by atoms with Gasteiger partial charge in [0.2, 0.25) is 5.43 Å². The molecule has 2 heterocycles. The molecule has 8 atom stereocenters. The van der Waals surface area contributed by atoms with Gasteiger partial charge in [0.05, 0.1) is 36.9 Å². The maximum atomic E-state index is 14.8. The van der Waals surface area contributed by atoms with E-state index in [1.165, 1.54) is 35.9 Å². The summed E-state index contributed by atoms with van der Waals surface area (Å²) in [6, 6.07) is 5.40. The zero-order valence-corrected chi connectivity index (χ0v) is 24.5. The first-order valence-corrected chi connectivity index (χ1v) is 13.9. The smallest absolute Gasteiger partial charge is 0.341 e. The minimum atomic E-state index is -1.93. The first kappa shape index (κ1) is 34.2. The third-order valence-electron chi connectivity index (χ3n) is 7.72. The highest BCUT2D eigenvalue weighted by molar-refractivity contribution is 6.30. The van der Waals surface area contributed by atoms with E-state index in [-0.39, 0.29) is 39.4 Å². The molecular formula is C29H31ClFNO13. The van der Waals surface area contributed by atoms with Crippen molar-refractivity contribution in [2.24, 2.45) is 5.92 Å². The zero-order valence-electron chi connectivity index (χ0n) is 23.8. The van der Waals surface area contributed by atoms with Gasteiger partial charge in [-0.15, -0.1) is 0 Å². The van der Waals surface area contributed by atoms with Gasteiger partial charge >= 0.3 is 11.9 Å². The molecule has 1 aromatic heterocycles. The van der Waals surface area contributed by atoms with Crippen molar-refractivity contribution in [2.45, 2.75) is 49.8 Å². The van der Waals surface area contributed by atoms with Crippen LogP contribution < -0.4 is 10.2 Å². The van der Waals surface area contributed by atoms with Gasteiger partial charge in [0, 0.05) is 34.7 Å². The summed E-state index contributed by atoms with van der Waals surface area (Å²) >= 11 is 5.87. The molecule has 244 valence electrons. The highest BCUT2D eigenvalue weighted by Crippen LogP contribution is 2.37. The Morgan fingerprint density at radius 2 is 1.80 bits per heavy atom. The number of aliphatic hydroxyl groups is 5. The lowest BCUT2D eigenvalue weighted by molar-refractivity contribution is -0.296. The van der Waals surface area contributed by atoms with Crippen LogP contribution in [-0.2, 0) is 14.3 Å². The van der Waals surface area contributed by atoms with Gasteiger partial charge in [-0.3, -0.25) is 4.79 Å². The van der Waals surface area contributed by atoms with E-state index in [0.29, 0.717) is 0 Å². The van der Waals surface area contributed by atoms with E-state index >= 15 is 0 Å². The second-order valence-electron chi connectivity index (χ2n) is 10.5. The fraction of sp³-hybridized carbons (Fsp3) is 0.414. The van der Waals surface area contributed by atoms with Crippen LogP contribution in [-0.4, -0.2) is 103 Å². The third-order valence-corrected chi connectivity index (χ3v) is 8.01. The Bertz CT molecular complexity index is 1650. The second kappa shape index (κ2) is 13.8. The van der Waals surface area contributed by atoms with Crippen molar-refractivity contribution in [1.82, 2.24) is 4.57 Å². The van der Waals surface area contributed by atoms with E-state index in [2.05, 4.69) is 0 Å². The van der Waals surface area contributed by atoms with Gasteiger partial charge in [0.1, 0.15) is 41.5 Å². The van der Waals surface area contributed by atoms with Gasteiger partial charge < -0.3 is 54.5 Å². The van der Waals surface area contributed by atoms with Gasteiger partial charge in [-0.05, 0) is 12.1 Å². The van der Waals surface area contributed by atoms with Gasteiger partial charge in [-0.1, -0.05) is 30.7 Å². The van der Waals surface area contributed by atoms with Gasteiger partial charge in [-0.2, -0.15) is 0 Å². The highest BCUT2D eigenvalue weighted by atomic mass is 35.5. The predicted molar refractivity (Wildman–Crippen MR) is 153 cm³/mol. The summed E-state index contributed by atoms with van der Waals surface area (Å²) in [6.07, 6.45) is -9.96. The lowest BCUT2D eigenvalue weighted by Gasteiger charge is -2.39. The number of halogens is 2. The van der Waals surface area contributed by atoms with Crippen LogP contribution in [0.15, 0.2) is 41.3 Å². The number of fused-ring (bicyclic) bond motifs is 1. The fourth-order valence-corrected chi connectivity index (χ4v) is 5.38. The molecule has 0 aliphatic carbocycles. The molecule has 14 nitrogen and oxygen atoms in total. The number of nitrogens with zero attached hydrogens (tertiary/aromatic N) is 1. The molecule has 0 saturated carbocycles. The molecule has 1 aliphatic rings. The summed E-state index contributed by atoms with van der Waals surface area (Å²) < 4.78 is 32.1. The molecule has 1 fully saturated rings. The Morgan fingerprint density at radius 3 is 2.40 bits per heavy atom. The van der Waals surface area contributed by atoms with Crippen molar-refractivity contribution in [3.05, 3.63) is 74.3 Å². The van der Waals surface area contributed by atoms with Crippen LogP contribution in [0.2, 0.25) is 5.02 Å². The normalized spacial score (nSPS) is 23.8. The van der Waals surface area contributed by atoms with Crippen LogP contribution in [0.4, 0.5) is 4.39 Å².